The van der Waals surface area contributed by atoms with Crippen LogP contribution in [-0.4, -0.2) is 45.1 Å². The van der Waals surface area contributed by atoms with Crippen LogP contribution in [0.4, 0.5) is 17.3 Å². The number of anilines is 2. The molecule has 5 rings (SSSR count). The number of carbonyl (C=O) groups is 2. The Balaban J connectivity index is 1.27. The minimum absolute atomic E-state index is 0.0678. The smallest absolute Gasteiger partial charge is 0.309 e. The minimum atomic E-state index is -0.252. The Morgan fingerprint density at radius 3 is 2.53 bits per heavy atom. The van der Waals surface area contributed by atoms with Crippen molar-refractivity contribution in [1.82, 2.24) is 9.80 Å². The van der Waals surface area contributed by atoms with E-state index >= 15 is 0 Å². The zero-order valence-electron chi connectivity index (χ0n) is 21.3. The second-order valence-electron chi connectivity index (χ2n) is 9.78. The number of furan rings is 1. The van der Waals surface area contributed by atoms with E-state index in [1.807, 2.05) is 42.5 Å². The number of benzene rings is 3. The zero-order valence-corrected chi connectivity index (χ0v) is 21.3. The Morgan fingerprint density at radius 2 is 1.79 bits per heavy atom. The number of hydrogen-bond donors (Lipinski definition) is 3. The first-order valence-corrected chi connectivity index (χ1v) is 13.0. The van der Waals surface area contributed by atoms with Crippen LogP contribution in [0.5, 0.6) is 5.75 Å². The van der Waals surface area contributed by atoms with Crippen molar-refractivity contribution in [2.75, 3.05) is 43.8 Å². The first-order chi connectivity index (χ1) is 18.6. The molecule has 0 radical (unpaired) electrons. The number of quaternary nitrogens is 1. The molecular weight excluding hydrogens is 480 g/mol. The number of nitrogens with one attached hydrogen (secondary N) is 2. The number of fused-ring (bicyclic) bond motifs is 1. The van der Waals surface area contributed by atoms with Gasteiger partial charge >= 0.3 is 12.3 Å². The predicted octanol–water partition coefficient (Wildman–Crippen LogP) is 4.81. The van der Waals surface area contributed by atoms with E-state index in [9.17, 15) is 9.59 Å². The summed E-state index contributed by atoms with van der Waals surface area (Å²) in [6, 6.07) is 23.8. The Kier molecular flexibility index (Phi) is 7.72. The number of ether oxygens (including phenoxy) is 1. The third kappa shape index (κ3) is 5.72. The molecule has 0 aliphatic carbocycles. The van der Waals surface area contributed by atoms with E-state index < -0.39 is 0 Å². The maximum absolute atomic E-state index is 12.7. The van der Waals surface area contributed by atoms with Crippen molar-refractivity contribution in [2.45, 2.75) is 12.8 Å². The molecule has 0 saturated carbocycles. The molecule has 3 aromatic carbocycles. The van der Waals surface area contributed by atoms with E-state index in [1.165, 1.54) is 0 Å². The number of para-hydroxylation sites is 3. The molecular formula is C30H33N4O4+. The van der Waals surface area contributed by atoms with Gasteiger partial charge in [-0.05, 0) is 68.4 Å². The maximum atomic E-state index is 12.7. The van der Waals surface area contributed by atoms with Gasteiger partial charge in [0.1, 0.15) is 24.5 Å². The lowest BCUT2D eigenvalue weighted by molar-refractivity contribution is -0.119. The summed E-state index contributed by atoms with van der Waals surface area (Å²) in [5, 5.41) is 7.19. The molecule has 1 unspecified atom stereocenters. The van der Waals surface area contributed by atoms with Crippen molar-refractivity contribution in [3.8, 4) is 5.75 Å². The van der Waals surface area contributed by atoms with Crippen LogP contribution in [0.15, 0.2) is 83.3 Å². The van der Waals surface area contributed by atoms with Crippen molar-refractivity contribution in [1.29, 1.82) is 0 Å². The fourth-order valence-electron chi connectivity index (χ4n) is 4.99. The predicted molar refractivity (Wildman–Crippen MR) is 150 cm³/mol. The van der Waals surface area contributed by atoms with Gasteiger partial charge in [0.2, 0.25) is 0 Å². The third-order valence-corrected chi connectivity index (χ3v) is 7.18. The van der Waals surface area contributed by atoms with Gasteiger partial charge in [0.25, 0.3) is 5.91 Å². The summed E-state index contributed by atoms with van der Waals surface area (Å²) in [7, 11) is 0. The summed E-state index contributed by atoms with van der Waals surface area (Å²) in [6.07, 6.45) is 3.03. The fraction of sp³-hybridized carbons (Fsp3) is 0.267. The molecule has 1 aliphatic rings. The number of amides is 2. The first kappa shape index (κ1) is 25.5. The van der Waals surface area contributed by atoms with E-state index in [2.05, 4.69) is 10.6 Å². The quantitative estimate of drug-likeness (QED) is 0.160. The standard InChI is InChI=1S/C30H32N4O4/c31-26-6-2-3-7-27(26)33-30(36)23-9-11-25(12-10-23)37-18-17-34(21-35,20-22-13-15-32-16-14-22)29-19-24-5-1-4-8-28(24)38-29/h1-12,19,21-22,32H,13-18,20,31H2/p+1. The van der Waals surface area contributed by atoms with Crippen LogP contribution < -0.4 is 25.6 Å². The monoisotopic (exact) mass is 513 g/mol. The molecule has 1 aromatic heterocycles. The molecule has 1 saturated heterocycles. The van der Waals surface area contributed by atoms with Crippen LogP contribution >= 0.6 is 0 Å². The van der Waals surface area contributed by atoms with Gasteiger partial charge in [0, 0.05) is 16.9 Å². The van der Waals surface area contributed by atoms with Crippen molar-refractivity contribution >= 4 is 40.5 Å². The highest BCUT2D eigenvalue weighted by Crippen LogP contribution is 2.32. The van der Waals surface area contributed by atoms with Crippen molar-refractivity contribution < 1.29 is 18.7 Å². The van der Waals surface area contributed by atoms with Crippen LogP contribution in [0.1, 0.15) is 23.2 Å². The summed E-state index contributed by atoms with van der Waals surface area (Å²) in [4.78, 5) is 25.3. The number of carbonyl (C=O) groups excluding carboxylic acids is 2. The number of nitrogens with zero attached hydrogens (tertiary/aromatic N) is 1. The average molecular weight is 514 g/mol. The van der Waals surface area contributed by atoms with Gasteiger partial charge in [-0.2, -0.15) is 4.48 Å². The highest BCUT2D eigenvalue weighted by atomic mass is 16.5. The molecule has 0 bridgehead atoms. The van der Waals surface area contributed by atoms with Crippen LogP contribution in [0.3, 0.4) is 0 Å². The highest BCUT2D eigenvalue weighted by molar-refractivity contribution is 6.05. The van der Waals surface area contributed by atoms with Gasteiger partial charge in [0.05, 0.1) is 24.0 Å². The summed E-state index contributed by atoms with van der Waals surface area (Å²) in [5.74, 6) is 1.41. The fourth-order valence-corrected chi connectivity index (χ4v) is 4.99. The molecule has 2 heterocycles. The summed E-state index contributed by atoms with van der Waals surface area (Å²) >= 11 is 0. The van der Waals surface area contributed by atoms with E-state index in [1.54, 1.807) is 36.4 Å². The largest absolute Gasteiger partial charge is 0.488 e. The molecule has 1 fully saturated rings. The SMILES string of the molecule is Nc1ccccc1NC(=O)c1ccc(OCC[N+](C=O)(CC2CCNCC2)c2cc3ccccc3o2)cc1. The van der Waals surface area contributed by atoms with Crippen LogP contribution in [0, 0.1) is 5.92 Å². The number of nitrogen functional groups attached to an aromatic ring is 1. The van der Waals surface area contributed by atoms with Gasteiger partial charge < -0.3 is 25.5 Å². The molecule has 1 aliphatic heterocycles. The topological polar surface area (TPSA) is 107 Å². The molecule has 196 valence electrons. The summed E-state index contributed by atoms with van der Waals surface area (Å²) in [5.41, 5.74) is 8.26. The maximum Gasteiger partial charge on any atom is 0.309 e. The molecule has 1 atom stereocenters. The van der Waals surface area contributed by atoms with E-state index in [0.717, 1.165) is 43.3 Å². The minimum Gasteiger partial charge on any atom is -0.488 e. The number of nitrogens with two attached hydrogens (primary N) is 1. The molecule has 38 heavy (non-hydrogen) atoms. The van der Waals surface area contributed by atoms with Crippen molar-refractivity contribution in [3.63, 3.8) is 0 Å². The van der Waals surface area contributed by atoms with Crippen molar-refractivity contribution in [2.24, 2.45) is 5.92 Å². The van der Waals surface area contributed by atoms with Gasteiger partial charge in [-0.1, -0.05) is 30.3 Å². The number of rotatable bonds is 10. The van der Waals surface area contributed by atoms with Crippen LogP contribution in [-0.2, 0) is 4.79 Å². The molecule has 2 amide bonds. The zero-order chi connectivity index (χ0) is 26.4. The van der Waals surface area contributed by atoms with E-state index in [4.69, 9.17) is 14.9 Å². The molecule has 8 nitrogen and oxygen atoms in total. The summed E-state index contributed by atoms with van der Waals surface area (Å²) < 4.78 is 12.3. The van der Waals surface area contributed by atoms with Crippen LogP contribution in [0.2, 0.25) is 0 Å². The lowest BCUT2D eigenvalue weighted by atomic mass is 9.96. The number of hydrogen-bond acceptors (Lipinski definition) is 6. The van der Waals surface area contributed by atoms with E-state index in [-0.39, 0.29) is 10.4 Å². The second-order valence-corrected chi connectivity index (χ2v) is 9.78. The Labute approximate surface area is 222 Å². The third-order valence-electron chi connectivity index (χ3n) is 7.18. The Bertz CT molecular complexity index is 1360. The molecule has 4 N–H and O–H groups in total. The average Bonchev–Trinajstić information content (AvgIpc) is 3.40. The van der Waals surface area contributed by atoms with Gasteiger partial charge in [-0.15, -0.1) is 0 Å². The van der Waals surface area contributed by atoms with Crippen molar-refractivity contribution in [3.05, 3.63) is 84.4 Å². The van der Waals surface area contributed by atoms with Crippen LogP contribution in [0.25, 0.3) is 11.0 Å². The second kappa shape index (κ2) is 11.5. The van der Waals surface area contributed by atoms with E-state index in [0.29, 0.717) is 54.2 Å². The molecule has 4 aromatic rings. The lowest BCUT2D eigenvalue weighted by Crippen LogP contribution is -2.54. The van der Waals surface area contributed by atoms with Gasteiger partial charge in [0.15, 0.2) is 0 Å². The highest BCUT2D eigenvalue weighted by Gasteiger charge is 2.37. The Morgan fingerprint density at radius 1 is 1.05 bits per heavy atom. The lowest BCUT2D eigenvalue weighted by Gasteiger charge is -2.33. The summed E-state index contributed by atoms with van der Waals surface area (Å²) in [6.45, 7) is 3.32. The molecule has 8 heteroatoms. The van der Waals surface area contributed by atoms with Gasteiger partial charge in [-0.25, -0.2) is 4.79 Å². The normalized spacial score (nSPS) is 15.6. The Hall–Kier alpha value is -4.14. The van der Waals surface area contributed by atoms with Gasteiger partial charge in [-0.3, -0.25) is 4.79 Å². The molecule has 0 spiro atoms. The first-order valence-electron chi connectivity index (χ1n) is 13.0. The number of piperidine rings is 1.